The maximum atomic E-state index is 12.5. The fraction of sp³-hybridized carbons (Fsp3) is 0.692. The highest BCUT2D eigenvalue weighted by Crippen LogP contribution is 2.16. The lowest BCUT2D eigenvalue weighted by atomic mass is 10.1. The highest BCUT2D eigenvalue weighted by Gasteiger charge is 2.24. The minimum Gasteiger partial charge on any atom is -0.396 e. The zero-order valence-corrected chi connectivity index (χ0v) is 11.8. The lowest BCUT2D eigenvalue weighted by molar-refractivity contribution is 0.0675. The highest BCUT2D eigenvalue weighted by molar-refractivity contribution is 5.97. The second kappa shape index (κ2) is 6.42. The van der Waals surface area contributed by atoms with Crippen molar-refractivity contribution in [3.8, 4) is 0 Å². The molecule has 0 aromatic carbocycles. The van der Waals surface area contributed by atoms with Crippen molar-refractivity contribution in [3.63, 3.8) is 0 Å². The van der Waals surface area contributed by atoms with Crippen LogP contribution in [0.1, 0.15) is 50.5 Å². The molecule has 0 fully saturated rings. The second-order valence-electron chi connectivity index (χ2n) is 4.68. The summed E-state index contributed by atoms with van der Waals surface area (Å²) >= 11 is 0. The largest absolute Gasteiger partial charge is 0.396 e. The quantitative estimate of drug-likeness (QED) is 0.842. The third kappa shape index (κ3) is 3.03. The number of rotatable bonds is 6. The van der Waals surface area contributed by atoms with Crippen LogP contribution in [0.3, 0.4) is 0 Å². The number of nitrogens with zero attached hydrogens (tertiary/aromatic N) is 3. The van der Waals surface area contributed by atoms with Crippen molar-refractivity contribution in [1.82, 2.24) is 14.7 Å². The van der Waals surface area contributed by atoms with Crippen molar-refractivity contribution >= 4 is 11.6 Å². The number of carbonyl (C=O) groups is 1. The van der Waals surface area contributed by atoms with Gasteiger partial charge >= 0.3 is 0 Å². The molecule has 0 radical (unpaired) electrons. The monoisotopic (exact) mass is 252 g/mol. The van der Waals surface area contributed by atoms with Crippen molar-refractivity contribution in [2.24, 2.45) is 7.05 Å². The summed E-state index contributed by atoms with van der Waals surface area (Å²) in [6, 6.07) is 0.221. The van der Waals surface area contributed by atoms with Gasteiger partial charge in [-0.25, -0.2) is 0 Å². The molecule has 1 amide bonds. The van der Waals surface area contributed by atoms with E-state index in [2.05, 4.69) is 25.9 Å². The van der Waals surface area contributed by atoms with Crippen LogP contribution in [-0.4, -0.2) is 33.2 Å². The molecule has 1 aromatic heterocycles. The predicted molar refractivity (Wildman–Crippen MR) is 73.3 cm³/mol. The molecule has 0 aliphatic rings. The van der Waals surface area contributed by atoms with E-state index >= 15 is 0 Å². The molecule has 1 aromatic rings. The van der Waals surface area contributed by atoms with Crippen LogP contribution in [0.4, 0.5) is 5.69 Å². The van der Waals surface area contributed by atoms with Gasteiger partial charge in [0, 0.05) is 19.6 Å². The Morgan fingerprint density at radius 3 is 2.67 bits per heavy atom. The van der Waals surface area contributed by atoms with Gasteiger partial charge in [-0.15, -0.1) is 0 Å². The molecule has 0 aliphatic carbocycles. The Bertz CT molecular complexity index is 380. The number of nitrogen functional groups attached to an aromatic ring is 1. The molecular weight excluding hydrogens is 228 g/mol. The zero-order valence-electron chi connectivity index (χ0n) is 11.8. The number of amides is 1. The van der Waals surface area contributed by atoms with E-state index in [1.807, 2.05) is 4.90 Å². The average Bonchev–Trinajstić information content (AvgIpc) is 2.68. The van der Waals surface area contributed by atoms with Crippen LogP contribution in [0.2, 0.25) is 0 Å². The van der Waals surface area contributed by atoms with Gasteiger partial charge in [0.2, 0.25) is 0 Å². The van der Waals surface area contributed by atoms with Gasteiger partial charge in [0.15, 0.2) is 0 Å². The Kier molecular flexibility index (Phi) is 5.19. The van der Waals surface area contributed by atoms with Gasteiger partial charge in [-0.1, -0.05) is 20.3 Å². The molecule has 0 bridgehead atoms. The van der Waals surface area contributed by atoms with E-state index in [1.165, 1.54) is 6.20 Å². The lowest BCUT2D eigenvalue weighted by Gasteiger charge is -2.28. The first kappa shape index (κ1) is 14.5. The summed E-state index contributed by atoms with van der Waals surface area (Å²) in [5.74, 6) is -0.0182. The smallest absolute Gasteiger partial charge is 0.274 e. The minimum atomic E-state index is -0.0182. The van der Waals surface area contributed by atoms with Crippen molar-refractivity contribution in [3.05, 3.63) is 11.9 Å². The summed E-state index contributed by atoms with van der Waals surface area (Å²) in [7, 11) is 1.75. The summed E-state index contributed by atoms with van der Waals surface area (Å²) in [5, 5.41) is 4.03. The van der Waals surface area contributed by atoms with E-state index in [-0.39, 0.29) is 11.9 Å². The fourth-order valence-electron chi connectivity index (χ4n) is 1.92. The van der Waals surface area contributed by atoms with Gasteiger partial charge in [-0.3, -0.25) is 9.48 Å². The van der Waals surface area contributed by atoms with Gasteiger partial charge in [-0.05, 0) is 19.8 Å². The number of carbonyl (C=O) groups excluding carboxylic acids is 1. The zero-order chi connectivity index (χ0) is 13.7. The number of hydrogen-bond donors (Lipinski definition) is 1. The van der Waals surface area contributed by atoms with Crippen molar-refractivity contribution in [1.29, 1.82) is 0 Å². The molecular formula is C13H24N4O. The topological polar surface area (TPSA) is 64.2 Å². The molecule has 1 rings (SSSR count). The fourth-order valence-corrected chi connectivity index (χ4v) is 1.92. The molecule has 18 heavy (non-hydrogen) atoms. The molecule has 5 heteroatoms. The Hall–Kier alpha value is -1.52. The average molecular weight is 252 g/mol. The van der Waals surface area contributed by atoms with Crippen molar-refractivity contribution in [2.45, 2.75) is 46.1 Å². The van der Waals surface area contributed by atoms with Crippen LogP contribution in [0.15, 0.2) is 6.20 Å². The second-order valence-corrected chi connectivity index (χ2v) is 4.68. The summed E-state index contributed by atoms with van der Waals surface area (Å²) in [5.41, 5.74) is 6.76. The maximum absolute atomic E-state index is 12.5. The first-order chi connectivity index (χ1) is 8.52. The van der Waals surface area contributed by atoms with Crippen LogP contribution in [-0.2, 0) is 7.05 Å². The van der Waals surface area contributed by atoms with Gasteiger partial charge in [0.25, 0.3) is 5.91 Å². The minimum absolute atomic E-state index is 0.0182. The van der Waals surface area contributed by atoms with Crippen LogP contribution in [0.5, 0.6) is 0 Å². The molecule has 1 unspecified atom stereocenters. The van der Waals surface area contributed by atoms with Crippen LogP contribution < -0.4 is 5.73 Å². The number of nitrogens with two attached hydrogens (primary N) is 1. The maximum Gasteiger partial charge on any atom is 0.274 e. The number of anilines is 1. The molecule has 5 nitrogen and oxygen atoms in total. The highest BCUT2D eigenvalue weighted by atomic mass is 16.2. The Labute approximate surface area is 109 Å². The van der Waals surface area contributed by atoms with Crippen LogP contribution in [0, 0.1) is 0 Å². The molecule has 0 saturated heterocycles. The van der Waals surface area contributed by atoms with Gasteiger partial charge < -0.3 is 10.6 Å². The van der Waals surface area contributed by atoms with Crippen LogP contribution >= 0.6 is 0 Å². The Balaban J connectivity index is 2.95. The summed E-state index contributed by atoms with van der Waals surface area (Å²) in [6.45, 7) is 7.05. The third-order valence-electron chi connectivity index (χ3n) is 3.31. The summed E-state index contributed by atoms with van der Waals surface area (Å²) in [6.07, 6.45) is 4.55. The van der Waals surface area contributed by atoms with E-state index in [9.17, 15) is 4.79 Å². The molecule has 2 N–H and O–H groups in total. The SMILES string of the molecule is CCCCN(C(=O)c1c(N)cnn1C)C(C)CC. The molecule has 0 spiro atoms. The first-order valence-electron chi connectivity index (χ1n) is 6.61. The van der Waals surface area contributed by atoms with Crippen molar-refractivity contribution < 1.29 is 4.79 Å². The van der Waals surface area contributed by atoms with E-state index in [1.54, 1.807) is 11.7 Å². The molecule has 0 aliphatic heterocycles. The van der Waals surface area contributed by atoms with E-state index in [0.717, 1.165) is 25.8 Å². The standard InChI is InChI=1S/C13H24N4O/c1-5-7-8-17(10(3)6-2)13(18)12-11(14)9-15-16(12)4/h9-10H,5-8,14H2,1-4H3. The number of aromatic nitrogens is 2. The van der Waals surface area contributed by atoms with Crippen molar-refractivity contribution in [2.75, 3.05) is 12.3 Å². The number of unbranched alkanes of at least 4 members (excludes halogenated alkanes) is 1. The molecule has 0 saturated carbocycles. The normalized spacial score (nSPS) is 12.4. The predicted octanol–water partition coefficient (Wildman–Crippen LogP) is 2.04. The van der Waals surface area contributed by atoms with Gasteiger partial charge in [0.05, 0.1) is 11.9 Å². The number of hydrogen-bond acceptors (Lipinski definition) is 3. The number of aryl methyl sites for hydroxylation is 1. The first-order valence-corrected chi connectivity index (χ1v) is 6.61. The van der Waals surface area contributed by atoms with Crippen LogP contribution in [0.25, 0.3) is 0 Å². The lowest BCUT2D eigenvalue weighted by Crippen LogP contribution is -2.40. The third-order valence-corrected chi connectivity index (χ3v) is 3.31. The van der Waals surface area contributed by atoms with E-state index in [0.29, 0.717) is 11.4 Å². The van der Waals surface area contributed by atoms with Gasteiger partial charge in [-0.2, -0.15) is 5.10 Å². The van der Waals surface area contributed by atoms with E-state index in [4.69, 9.17) is 5.73 Å². The molecule has 102 valence electrons. The van der Waals surface area contributed by atoms with E-state index < -0.39 is 0 Å². The molecule has 1 heterocycles. The summed E-state index contributed by atoms with van der Waals surface area (Å²) in [4.78, 5) is 14.4. The Morgan fingerprint density at radius 1 is 1.56 bits per heavy atom. The van der Waals surface area contributed by atoms with Gasteiger partial charge in [0.1, 0.15) is 5.69 Å². The molecule has 1 atom stereocenters. The Morgan fingerprint density at radius 2 is 2.22 bits per heavy atom. The summed E-state index contributed by atoms with van der Waals surface area (Å²) < 4.78 is 1.55.